The predicted molar refractivity (Wildman–Crippen MR) is 97.4 cm³/mol. The van der Waals surface area contributed by atoms with Crippen molar-refractivity contribution in [3.63, 3.8) is 0 Å². The van der Waals surface area contributed by atoms with Gasteiger partial charge in [0.25, 0.3) is 0 Å². The molecule has 1 aromatic rings. The van der Waals surface area contributed by atoms with E-state index in [4.69, 9.17) is 11.6 Å². The van der Waals surface area contributed by atoms with Crippen LogP contribution < -0.4 is 4.90 Å². The number of hydrogen-bond acceptors (Lipinski definition) is 3. The molecule has 0 N–H and O–H groups in total. The lowest BCUT2D eigenvalue weighted by molar-refractivity contribution is 0.0901. The lowest BCUT2D eigenvalue weighted by Crippen LogP contribution is -2.55. The number of anilines is 1. The molecule has 0 spiro atoms. The third kappa shape index (κ3) is 4.01. The Morgan fingerprint density at radius 2 is 1.83 bits per heavy atom. The molecule has 1 aliphatic carbocycles. The summed E-state index contributed by atoms with van der Waals surface area (Å²) in [7, 11) is 0. The summed E-state index contributed by atoms with van der Waals surface area (Å²) in [6, 6.07) is 9.07. The van der Waals surface area contributed by atoms with Gasteiger partial charge < -0.3 is 9.80 Å². The van der Waals surface area contributed by atoms with Crippen LogP contribution in [0.25, 0.3) is 0 Å². The van der Waals surface area contributed by atoms with Crippen molar-refractivity contribution < 1.29 is 0 Å². The molecule has 3 aliphatic rings. The number of piperazine rings is 1. The molecule has 1 atom stereocenters. The Bertz CT molecular complexity index is 523. The third-order valence-corrected chi connectivity index (χ3v) is 5.93. The first-order chi connectivity index (χ1) is 11.3. The van der Waals surface area contributed by atoms with Gasteiger partial charge in [-0.3, -0.25) is 4.90 Å². The highest BCUT2D eigenvalue weighted by Gasteiger charge is 2.31. The van der Waals surface area contributed by atoms with Crippen LogP contribution in [0.15, 0.2) is 24.3 Å². The van der Waals surface area contributed by atoms with E-state index < -0.39 is 0 Å². The van der Waals surface area contributed by atoms with E-state index in [-0.39, 0.29) is 0 Å². The molecule has 0 aromatic heterocycles. The normalized spacial score (nSPS) is 27.3. The molecule has 0 bridgehead atoms. The number of piperidine rings is 1. The van der Waals surface area contributed by atoms with E-state index in [2.05, 4.69) is 32.9 Å². The summed E-state index contributed by atoms with van der Waals surface area (Å²) in [4.78, 5) is 7.95. The molecule has 0 amide bonds. The van der Waals surface area contributed by atoms with Crippen molar-refractivity contribution in [2.24, 2.45) is 5.92 Å². The number of likely N-dealkylation sites (tertiary alicyclic amines) is 1. The summed E-state index contributed by atoms with van der Waals surface area (Å²) in [6.45, 7) is 8.62. The number of benzene rings is 1. The molecular formula is C19H28ClN3. The van der Waals surface area contributed by atoms with Gasteiger partial charge in [0.15, 0.2) is 0 Å². The van der Waals surface area contributed by atoms with Crippen LogP contribution in [0.4, 0.5) is 5.69 Å². The van der Waals surface area contributed by atoms with Crippen LogP contribution in [0.5, 0.6) is 0 Å². The van der Waals surface area contributed by atoms with Gasteiger partial charge in [0.2, 0.25) is 0 Å². The third-order valence-electron chi connectivity index (χ3n) is 5.70. The van der Waals surface area contributed by atoms with Gasteiger partial charge in [-0.15, -0.1) is 0 Å². The van der Waals surface area contributed by atoms with Crippen molar-refractivity contribution in [1.29, 1.82) is 0 Å². The van der Waals surface area contributed by atoms with Crippen molar-refractivity contribution >= 4 is 17.3 Å². The monoisotopic (exact) mass is 333 g/mol. The molecule has 2 aliphatic heterocycles. The summed E-state index contributed by atoms with van der Waals surface area (Å²) in [5, 5.41) is 0.841. The molecule has 2 heterocycles. The molecule has 2 saturated heterocycles. The molecule has 1 saturated carbocycles. The van der Waals surface area contributed by atoms with E-state index in [1.54, 1.807) is 0 Å². The van der Waals surface area contributed by atoms with E-state index >= 15 is 0 Å². The van der Waals surface area contributed by atoms with Crippen LogP contribution in [-0.2, 0) is 0 Å². The molecule has 0 radical (unpaired) electrons. The highest BCUT2D eigenvalue weighted by molar-refractivity contribution is 6.30. The molecule has 3 fully saturated rings. The average Bonchev–Trinajstić information content (AvgIpc) is 3.39. The molecule has 4 heteroatoms. The zero-order valence-corrected chi connectivity index (χ0v) is 14.7. The van der Waals surface area contributed by atoms with E-state index in [1.165, 1.54) is 64.1 Å². The smallest absolute Gasteiger partial charge is 0.0426 e. The van der Waals surface area contributed by atoms with E-state index in [0.717, 1.165) is 30.1 Å². The first kappa shape index (κ1) is 15.7. The molecule has 4 rings (SSSR count). The van der Waals surface area contributed by atoms with Gasteiger partial charge in [0.05, 0.1) is 0 Å². The molecule has 23 heavy (non-hydrogen) atoms. The number of nitrogens with zero attached hydrogens (tertiary/aromatic N) is 3. The summed E-state index contributed by atoms with van der Waals surface area (Å²) < 4.78 is 0. The SMILES string of the molecule is Clc1cccc(N2CCN([C@H]3CCCN(CC4CC4)C3)CC2)c1. The molecular weight excluding hydrogens is 306 g/mol. The second kappa shape index (κ2) is 7.00. The Kier molecular flexibility index (Phi) is 4.79. The van der Waals surface area contributed by atoms with Crippen molar-refractivity contribution in [3.8, 4) is 0 Å². The Hall–Kier alpha value is -0.770. The first-order valence-electron chi connectivity index (χ1n) is 9.25. The summed E-state index contributed by atoms with van der Waals surface area (Å²) in [5.74, 6) is 1.02. The lowest BCUT2D eigenvalue weighted by atomic mass is 10.0. The number of rotatable bonds is 4. The maximum absolute atomic E-state index is 6.13. The minimum absolute atomic E-state index is 0.781. The van der Waals surface area contributed by atoms with Gasteiger partial charge in [-0.2, -0.15) is 0 Å². The fourth-order valence-corrected chi connectivity index (χ4v) is 4.36. The zero-order chi connectivity index (χ0) is 15.6. The van der Waals surface area contributed by atoms with Gasteiger partial charge >= 0.3 is 0 Å². The average molecular weight is 334 g/mol. The Morgan fingerprint density at radius 3 is 2.57 bits per heavy atom. The van der Waals surface area contributed by atoms with Gasteiger partial charge in [0.1, 0.15) is 0 Å². The lowest BCUT2D eigenvalue weighted by Gasteiger charge is -2.44. The number of hydrogen-bond donors (Lipinski definition) is 0. The second-order valence-electron chi connectivity index (χ2n) is 7.50. The Morgan fingerprint density at radius 1 is 1.00 bits per heavy atom. The minimum atomic E-state index is 0.781. The van der Waals surface area contributed by atoms with E-state index in [1.807, 2.05) is 6.07 Å². The standard InChI is InChI=1S/C19H28ClN3/c20-17-3-1-4-18(13-17)22-9-11-23(12-10-22)19-5-2-8-21(15-19)14-16-6-7-16/h1,3-4,13,16,19H,2,5-12,14-15H2/t19-/m0/s1. The van der Waals surface area contributed by atoms with Crippen molar-refractivity contribution in [3.05, 3.63) is 29.3 Å². The van der Waals surface area contributed by atoms with Crippen LogP contribution in [0, 0.1) is 5.92 Å². The second-order valence-corrected chi connectivity index (χ2v) is 7.94. The van der Waals surface area contributed by atoms with Crippen LogP contribution in [-0.4, -0.2) is 61.7 Å². The quantitative estimate of drug-likeness (QED) is 0.836. The van der Waals surface area contributed by atoms with Crippen LogP contribution in [0.2, 0.25) is 5.02 Å². The maximum Gasteiger partial charge on any atom is 0.0426 e. The first-order valence-corrected chi connectivity index (χ1v) is 9.62. The largest absolute Gasteiger partial charge is 0.369 e. The maximum atomic E-state index is 6.13. The molecule has 3 nitrogen and oxygen atoms in total. The van der Waals surface area contributed by atoms with Gasteiger partial charge in [-0.25, -0.2) is 0 Å². The van der Waals surface area contributed by atoms with Crippen molar-refractivity contribution in [2.45, 2.75) is 31.7 Å². The van der Waals surface area contributed by atoms with Crippen molar-refractivity contribution in [1.82, 2.24) is 9.80 Å². The fraction of sp³-hybridized carbons (Fsp3) is 0.684. The fourth-order valence-electron chi connectivity index (χ4n) is 4.18. The van der Waals surface area contributed by atoms with Gasteiger partial charge in [0, 0.05) is 56.0 Å². The Labute approximate surface area is 145 Å². The Balaban J connectivity index is 1.30. The summed E-state index contributed by atoms with van der Waals surface area (Å²) in [6.07, 6.45) is 5.71. The highest BCUT2D eigenvalue weighted by atomic mass is 35.5. The zero-order valence-electron chi connectivity index (χ0n) is 14.0. The predicted octanol–water partition coefficient (Wildman–Crippen LogP) is 3.34. The van der Waals surface area contributed by atoms with E-state index in [9.17, 15) is 0 Å². The van der Waals surface area contributed by atoms with E-state index in [0.29, 0.717) is 0 Å². The molecule has 126 valence electrons. The van der Waals surface area contributed by atoms with Gasteiger partial charge in [-0.1, -0.05) is 17.7 Å². The van der Waals surface area contributed by atoms with Crippen LogP contribution >= 0.6 is 11.6 Å². The number of halogens is 1. The minimum Gasteiger partial charge on any atom is -0.369 e. The van der Waals surface area contributed by atoms with Crippen LogP contribution in [0.3, 0.4) is 0 Å². The van der Waals surface area contributed by atoms with Crippen molar-refractivity contribution in [2.75, 3.05) is 50.7 Å². The summed E-state index contributed by atoms with van der Waals surface area (Å²) >= 11 is 6.13. The molecule has 0 unspecified atom stereocenters. The summed E-state index contributed by atoms with van der Waals surface area (Å²) in [5.41, 5.74) is 1.27. The highest BCUT2D eigenvalue weighted by Crippen LogP contribution is 2.31. The van der Waals surface area contributed by atoms with Crippen LogP contribution in [0.1, 0.15) is 25.7 Å². The molecule has 1 aromatic carbocycles. The topological polar surface area (TPSA) is 9.72 Å². The van der Waals surface area contributed by atoms with Gasteiger partial charge in [-0.05, 0) is 56.3 Å².